The minimum Gasteiger partial charge on any atom is -0.394 e. The summed E-state index contributed by atoms with van der Waals surface area (Å²) in [6.45, 7) is 0.873. The van der Waals surface area contributed by atoms with Gasteiger partial charge in [-0.05, 0) is 43.5 Å². The van der Waals surface area contributed by atoms with E-state index in [9.17, 15) is 0 Å². The quantitative estimate of drug-likeness (QED) is 0.762. The molecule has 14 heavy (non-hydrogen) atoms. The first-order valence-corrected chi connectivity index (χ1v) is 6.47. The molecule has 1 atom stereocenters. The largest absolute Gasteiger partial charge is 0.394 e. The zero-order valence-corrected chi connectivity index (χ0v) is 11.3. The van der Waals surface area contributed by atoms with Crippen molar-refractivity contribution in [2.45, 2.75) is 12.6 Å². The van der Waals surface area contributed by atoms with Gasteiger partial charge in [0.2, 0.25) is 0 Å². The third-order valence-electron chi connectivity index (χ3n) is 1.63. The molecule has 0 saturated carbocycles. The van der Waals surface area contributed by atoms with E-state index in [4.69, 9.17) is 10.2 Å². The van der Waals surface area contributed by atoms with Crippen LogP contribution in [0.4, 0.5) is 0 Å². The number of nitrogens with one attached hydrogen (secondary N) is 1. The van der Waals surface area contributed by atoms with Crippen LogP contribution >= 0.6 is 43.2 Å². The van der Waals surface area contributed by atoms with Crippen molar-refractivity contribution in [2.75, 3.05) is 13.2 Å². The molecule has 1 aromatic heterocycles. The SMILES string of the molecule is OCC(O)CNCc1cc(Br)sc1Br. The monoisotopic (exact) mass is 343 g/mol. The van der Waals surface area contributed by atoms with Crippen LogP contribution in [0.2, 0.25) is 0 Å². The highest BCUT2D eigenvalue weighted by Gasteiger charge is 2.06. The number of thiophene rings is 1. The molecule has 0 fully saturated rings. The van der Waals surface area contributed by atoms with Gasteiger partial charge in [0.05, 0.1) is 20.3 Å². The fourth-order valence-electron chi connectivity index (χ4n) is 0.933. The fraction of sp³-hybridized carbons (Fsp3) is 0.500. The van der Waals surface area contributed by atoms with E-state index in [0.29, 0.717) is 13.1 Å². The van der Waals surface area contributed by atoms with Crippen molar-refractivity contribution < 1.29 is 10.2 Å². The summed E-state index contributed by atoms with van der Waals surface area (Å²) in [7, 11) is 0. The van der Waals surface area contributed by atoms with Crippen LogP contribution in [-0.4, -0.2) is 29.5 Å². The Balaban J connectivity index is 2.34. The maximum atomic E-state index is 9.08. The van der Waals surface area contributed by atoms with Crippen LogP contribution in [0.25, 0.3) is 0 Å². The van der Waals surface area contributed by atoms with Crippen LogP contribution in [-0.2, 0) is 6.54 Å². The van der Waals surface area contributed by atoms with Gasteiger partial charge < -0.3 is 15.5 Å². The standard InChI is InChI=1S/C8H11Br2NO2S/c9-7-1-5(8(10)14-7)2-11-3-6(13)4-12/h1,6,11-13H,2-4H2. The zero-order valence-electron chi connectivity index (χ0n) is 7.33. The number of aliphatic hydroxyl groups excluding tert-OH is 2. The summed E-state index contributed by atoms with van der Waals surface area (Å²) in [5, 5.41) is 20.7. The minimum atomic E-state index is -0.684. The Kier molecular flexibility index (Phi) is 5.58. The van der Waals surface area contributed by atoms with Crippen LogP contribution in [0.5, 0.6) is 0 Å². The molecule has 1 unspecified atom stereocenters. The Morgan fingerprint density at radius 3 is 2.71 bits per heavy atom. The first-order valence-electron chi connectivity index (χ1n) is 4.07. The van der Waals surface area contributed by atoms with E-state index in [-0.39, 0.29) is 6.61 Å². The van der Waals surface area contributed by atoms with E-state index in [0.717, 1.165) is 13.1 Å². The highest BCUT2D eigenvalue weighted by molar-refractivity contribution is 9.12. The molecule has 0 spiro atoms. The summed E-state index contributed by atoms with van der Waals surface area (Å²) in [5.41, 5.74) is 1.15. The normalized spacial score (nSPS) is 13.1. The van der Waals surface area contributed by atoms with Crippen LogP contribution in [0, 0.1) is 0 Å². The predicted molar refractivity (Wildman–Crippen MR) is 64.5 cm³/mol. The molecule has 0 aliphatic heterocycles. The lowest BCUT2D eigenvalue weighted by Crippen LogP contribution is -2.28. The molecule has 1 heterocycles. The van der Waals surface area contributed by atoms with E-state index in [1.165, 1.54) is 0 Å². The molecule has 80 valence electrons. The maximum absolute atomic E-state index is 9.08. The molecule has 0 aliphatic carbocycles. The molecule has 0 saturated heterocycles. The zero-order chi connectivity index (χ0) is 10.6. The third kappa shape index (κ3) is 3.96. The van der Waals surface area contributed by atoms with E-state index in [2.05, 4.69) is 37.2 Å². The van der Waals surface area contributed by atoms with Crippen molar-refractivity contribution in [2.24, 2.45) is 0 Å². The first kappa shape index (κ1) is 12.6. The molecular formula is C8H11Br2NO2S. The van der Waals surface area contributed by atoms with Crippen molar-refractivity contribution in [1.82, 2.24) is 5.32 Å². The fourth-order valence-corrected chi connectivity index (χ4v) is 3.76. The molecule has 0 aromatic carbocycles. The number of rotatable bonds is 5. The van der Waals surface area contributed by atoms with Gasteiger partial charge in [-0.15, -0.1) is 11.3 Å². The molecule has 3 N–H and O–H groups in total. The van der Waals surface area contributed by atoms with Crippen LogP contribution < -0.4 is 5.32 Å². The number of aliphatic hydroxyl groups is 2. The van der Waals surface area contributed by atoms with Crippen molar-refractivity contribution in [3.63, 3.8) is 0 Å². The molecule has 6 heteroatoms. The minimum absolute atomic E-state index is 0.207. The maximum Gasteiger partial charge on any atom is 0.0895 e. The Hall–Kier alpha value is 0.540. The van der Waals surface area contributed by atoms with Gasteiger partial charge in [0, 0.05) is 13.1 Å². The van der Waals surface area contributed by atoms with Crippen LogP contribution in [0.1, 0.15) is 5.56 Å². The van der Waals surface area contributed by atoms with Crippen molar-refractivity contribution in [3.8, 4) is 0 Å². The second kappa shape index (κ2) is 6.19. The average Bonchev–Trinajstić information content (AvgIpc) is 2.45. The lowest BCUT2D eigenvalue weighted by atomic mass is 10.3. The molecule has 1 aromatic rings. The summed E-state index contributed by atoms with van der Waals surface area (Å²) in [6.07, 6.45) is -0.684. The molecule has 1 rings (SSSR count). The third-order valence-corrected chi connectivity index (χ3v) is 4.10. The Labute approximate surface area is 103 Å². The van der Waals surface area contributed by atoms with E-state index in [1.807, 2.05) is 6.07 Å². The van der Waals surface area contributed by atoms with Gasteiger partial charge in [-0.3, -0.25) is 0 Å². The molecular weight excluding hydrogens is 334 g/mol. The summed E-state index contributed by atoms with van der Waals surface area (Å²) >= 11 is 8.44. The van der Waals surface area contributed by atoms with Crippen molar-refractivity contribution in [3.05, 3.63) is 19.2 Å². The molecule has 3 nitrogen and oxygen atoms in total. The van der Waals surface area contributed by atoms with E-state index in [1.54, 1.807) is 11.3 Å². The number of hydrogen-bond acceptors (Lipinski definition) is 4. The van der Waals surface area contributed by atoms with Crippen molar-refractivity contribution >= 4 is 43.2 Å². The summed E-state index contributed by atoms with van der Waals surface area (Å²) in [4.78, 5) is 0. The van der Waals surface area contributed by atoms with Crippen LogP contribution in [0.3, 0.4) is 0 Å². The lowest BCUT2D eigenvalue weighted by Gasteiger charge is -2.07. The van der Waals surface area contributed by atoms with Gasteiger partial charge in [0.15, 0.2) is 0 Å². The second-order valence-electron chi connectivity index (χ2n) is 2.82. The van der Waals surface area contributed by atoms with Crippen molar-refractivity contribution in [1.29, 1.82) is 0 Å². The van der Waals surface area contributed by atoms with Gasteiger partial charge in [0.1, 0.15) is 0 Å². The smallest absolute Gasteiger partial charge is 0.0895 e. The average molecular weight is 345 g/mol. The molecule has 0 radical (unpaired) electrons. The summed E-state index contributed by atoms with van der Waals surface area (Å²) in [5.74, 6) is 0. The second-order valence-corrected chi connectivity index (χ2v) is 6.57. The molecule has 0 aliphatic rings. The lowest BCUT2D eigenvalue weighted by molar-refractivity contribution is 0.0942. The molecule has 0 amide bonds. The van der Waals surface area contributed by atoms with E-state index >= 15 is 0 Å². The van der Waals surface area contributed by atoms with Gasteiger partial charge in [-0.2, -0.15) is 0 Å². The van der Waals surface area contributed by atoms with Gasteiger partial charge in [-0.25, -0.2) is 0 Å². The van der Waals surface area contributed by atoms with E-state index < -0.39 is 6.10 Å². The first-order chi connectivity index (χ1) is 6.63. The molecule has 0 bridgehead atoms. The Morgan fingerprint density at radius 1 is 1.50 bits per heavy atom. The van der Waals surface area contributed by atoms with Gasteiger partial charge in [0.25, 0.3) is 0 Å². The highest BCUT2D eigenvalue weighted by Crippen LogP contribution is 2.31. The van der Waals surface area contributed by atoms with Gasteiger partial charge in [-0.1, -0.05) is 0 Å². The Morgan fingerprint density at radius 2 is 2.21 bits per heavy atom. The highest BCUT2D eigenvalue weighted by atomic mass is 79.9. The number of halogens is 2. The van der Waals surface area contributed by atoms with Gasteiger partial charge >= 0.3 is 0 Å². The Bertz CT molecular complexity index is 293. The summed E-state index contributed by atoms with van der Waals surface area (Å²) < 4.78 is 2.15. The predicted octanol–water partition coefficient (Wildman–Crippen LogP) is 1.72. The topological polar surface area (TPSA) is 52.5 Å². The van der Waals surface area contributed by atoms with Crippen LogP contribution in [0.15, 0.2) is 13.6 Å². The summed E-state index contributed by atoms with van der Waals surface area (Å²) in [6, 6.07) is 2.02. The number of hydrogen-bond donors (Lipinski definition) is 3.